The molecule has 5 heteroatoms. The number of nitrogens with one attached hydrogen (secondary N) is 1. The molecule has 144 valence electrons. The Morgan fingerprint density at radius 3 is 2.36 bits per heavy atom. The van der Waals surface area contributed by atoms with Gasteiger partial charge in [-0.1, -0.05) is 42.5 Å². The Bertz CT molecular complexity index is 1020. The average Bonchev–Trinajstić information content (AvgIpc) is 2.71. The minimum atomic E-state index is -0.374. The number of carbonyl (C=O) groups is 1. The van der Waals surface area contributed by atoms with Gasteiger partial charge >= 0.3 is 5.97 Å². The molecule has 0 aliphatic carbocycles. The quantitative estimate of drug-likeness (QED) is 0.657. The molecule has 0 atom stereocenters. The Morgan fingerprint density at radius 2 is 1.75 bits per heavy atom. The predicted octanol–water partition coefficient (Wildman–Crippen LogP) is 4.18. The maximum Gasteiger partial charge on any atom is 0.339 e. The molecule has 0 aliphatic rings. The first-order chi connectivity index (χ1) is 13.5. The lowest BCUT2D eigenvalue weighted by Gasteiger charge is -2.17. The summed E-state index contributed by atoms with van der Waals surface area (Å²) in [5, 5.41) is 8.78. The molecule has 1 heterocycles. The van der Waals surface area contributed by atoms with E-state index in [9.17, 15) is 4.79 Å². The fraction of sp³-hybridized carbons (Fsp3) is 0.217. The summed E-state index contributed by atoms with van der Waals surface area (Å²) in [7, 11) is 1.63. The molecule has 5 nitrogen and oxygen atoms in total. The first-order valence-electron chi connectivity index (χ1n) is 9.19. The molecule has 0 bridgehead atoms. The van der Waals surface area contributed by atoms with Gasteiger partial charge in [0.1, 0.15) is 11.2 Å². The Hall–Kier alpha value is -3.34. The van der Waals surface area contributed by atoms with Crippen LogP contribution in [0.25, 0.3) is 11.1 Å². The third kappa shape index (κ3) is 3.98. The molecule has 0 radical (unpaired) electrons. The van der Waals surface area contributed by atoms with Gasteiger partial charge in [-0.3, -0.25) is 5.41 Å². The molecule has 0 fully saturated rings. The Labute approximate surface area is 164 Å². The van der Waals surface area contributed by atoms with E-state index in [2.05, 4.69) is 0 Å². The number of hydrogen-bond acceptors (Lipinski definition) is 4. The van der Waals surface area contributed by atoms with Crippen molar-refractivity contribution in [2.24, 2.45) is 0 Å². The zero-order chi connectivity index (χ0) is 20.1. The number of benzene rings is 2. The maximum absolute atomic E-state index is 12.5. The van der Waals surface area contributed by atoms with Crippen molar-refractivity contribution in [1.29, 1.82) is 5.41 Å². The van der Waals surface area contributed by atoms with Crippen molar-refractivity contribution in [3.05, 3.63) is 83.0 Å². The van der Waals surface area contributed by atoms with E-state index in [0.29, 0.717) is 24.2 Å². The third-order valence-corrected chi connectivity index (χ3v) is 4.66. The molecule has 0 spiro atoms. The average molecular weight is 376 g/mol. The van der Waals surface area contributed by atoms with Crippen molar-refractivity contribution < 1.29 is 14.3 Å². The highest BCUT2D eigenvalue weighted by Gasteiger charge is 2.18. The second-order valence-electron chi connectivity index (χ2n) is 6.45. The lowest BCUT2D eigenvalue weighted by atomic mass is 9.98. The Balaban J connectivity index is 2.14. The Morgan fingerprint density at radius 1 is 1.07 bits per heavy atom. The number of nitrogens with zero attached hydrogens (tertiary/aromatic N) is 1. The van der Waals surface area contributed by atoms with E-state index in [1.807, 2.05) is 61.5 Å². The Kier molecular flexibility index (Phi) is 5.94. The van der Waals surface area contributed by atoms with Crippen molar-refractivity contribution in [1.82, 2.24) is 4.57 Å². The molecule has 0 saturated heterocycles. The number of pyridine rings is 1. The molecule has 3 rings (SSSR count). The lowest BCUT2D eigenvalue weighted by molar-refractivity contribution is 0.0524. The summed E-state index contributed by atoms with van der Waals surface area (Å²) in [4.78, 5) is 12.5. The second-order valence-corrected chi connectivity index (χ2v) is 6.45. The van der Waals surface area contributed by atoms with Crippen LogP contribution >= 0.6 is 0 Å². The van der Waals surface area contributed by atoms with E-state index in [1.165, 1.54) is 0 Å². The normalized spacial score (nSPS) is 10.5. The highest BCUT2D eigenvalue weighted by Crippen LogP contribution is 2.23. The van der Waals surface area contributed by atoms with Crippen LogP contribution in [0, 0.1) is 12.3 Å². The number of rotatable bonds is 6. The van der Waals surface area contributed by atoms with Crippen LogP contribution < -0.4 is 10.2 Å². The van der Waals surface area contributed by atoms with Crippen LogP contribution in [-0.2, 0) is 11.3 Å². The van der Waals surface area contributed by atoms with E-state index in [0.717, 1.165) is 28.0 Å². The lowest BCUT2D eigenvalue weighted by Crippen LogP contribution is -2.26. The van der Waals surface area contributed by atoms with Gasteiger partial charge in [0.2, 0.25) is 0 Å². The third-order valence-electron chi connectivity index (χ3n) is 4.66. The molecule has 0 amide bonds. The monoisotopic (exact) mass is 376 g/mol. The van der Waals surface area contributed by atoms with Gasteiger partial charge in [-0.05, 0) is 42.7 Å². The summed E-state index contributed by atoms with van der Waals surface area (Å²) >= 11 is 0. The van der Waals surface area contributed by atoms with Gasteiger partial charge in [0.15, 0.2) is 0 Å². The minimum absolute atomic E-state index is 0.306. The molecular formula is C23H24N2O3. The molecule has 28 heavy (non-hydrogen) atoms. The molecule has 1 N–H and O–H groups in total. The molecule has 3 aromatic rings. The largest absolute Gasteiger partial charge is 0.497 e. The van der Waals surface area contributed by atoms with E-state index in [-0.39, 0.29) is 5.97 Å². The van der Waals surface area contributed by atoms with Crippen LogP contribution in [0.3, 0.4) is 0 Å². The minimum Gasteiger partial charge on any atom is -0.497 e. The van der Waals surface area contributed by atoms with Crippen LogP contribution in [0.5, 0.6) is 5.75 Å². The fourth-order valence-electron chi connectivity index (χ4n) is 3.20. The van der Waals surface area contributed by atoms with Crippen LogP contribution in [-0.4, -0.2) is 24.3 Å². The van der Waals surface area contributed by atoms with Crippen molar-refractivity contribution >= 4 is 5.97 Å². The second kappa shape index (κ2) is 8.57. The van der Waals surface area contributed by atoms with Gasteiger partial charge < -0.3 is 14.0 Å². The predicted molar refractivity (Wildman–Crippen MR) is 109 cm³/mol. The highest BCUT2D eigenvalue weighted by atomic mass is 16.5. The molecule has 2 aromatic carbocycles. The fourth-order valence-corrected chi connectivity index (χ4v) is 3.20. The van der Waals surface area contributed by atoms with E-state index < -0.39 is 0 Å². The number of carbonyl (C=O) groups excluding carboxylic acids is 1. The van der Waals surface area contributed by atoms with Crippen LogP contribution in [0.1, 0.15) is 28.4 Å². The number of hydrogen-bond donors (Lipinski definition) is 1. The topological polar surface area (TPSA) is 64.3 Å². The summed E-state index contributed by atoms with van der Waals surface area (Å²) in [6, 6.07) is 17.4. The molecule has 0 aliphatic heterocycles. The van der Waals surface area contributed by atoms with Gasteiger partial charge in [-0.15, -0.1) is 0 Å². The smallest absolute Gasteiger partial charge is 0.339 e. The van der Waals surface area contributed by atoms with Crippen molar-refractivity contribution in [2.45, 2.75) is 20.4 Å². The summed E-state index contributed by atoms with van der Waals surface area (Å²) in [6.07, 6.45) is 1.71. The summed E-state index contributed by atoms with van der Waals surface area (Å²) in [6.45, 7) is 4.43. The summed E-state index contributed by atoms with van der Waals surface area (Å²) in [5.41, 5.74) is 4.23. The highest BCUT2D eigenvalue weighted by molar-refractivity contribution is 5.93. The van der Waals surface area contributed by atoms with Crippen molar-refractivity contribution in [3.63, 3.8) is 0 Å². The zero-order valence-corrected chi connectivity index (χ0v) is 16.4. The van der Waals surface area contributed by atoms with Gasteiger partial charge in [0.25, 0.3) is 0 Å². The molecule has 1 aromatic heterocycles. The zero-order valence-electron chi connectivity index (χ0n) is 16.4. The van der Waals surface area contributed by atoms with E-state index >= 15 is 0 Å². The number of ether oxygens (including phenoxy) is 2. The SMILES string of the molecule is CCOC(=O)c1cn(Cc2ccc(OC)cc2)c(=N)c(-c2ccccc2)c1C. The van der Waals surface area contributed by atoms with Crippen molar-refractivity contribution in [3.8, 4) is 16.9 Å². The maximum atomic E-state index is 12.5. The van der Waals surface area contributed by atoms with Gasteiger partial charge in [0.05, 0.1) is 19.3 Å². The first-order valence-corrected chi connectivity index (χ1v) is 9.19. The molecular weight excluding hydrogens is 352 g/mol. The van der Waals surface area contributed by atoms with Crippen LogP contribution in [0.4, 0.5) is 0 Å². The first kappa shape index (κ1) is 19.4. The van der Waals surface area contributed by atoms with Crippen LogP contribution in [0.15, 0.2) is 60.8 Å². The number of aromatic nitrogens is 1. The van der Waals surface area contributed by atoms with E-state index in [4.69, 9.17) is 14.9 Å². The van der Waals surface area contributed by atoms with Gasteiger partial charge in [-0.25, -0.2) is 4.79 Å². The van der Waals surface area contributed by atoms with Crippen LogP contribution in [0.2, 0.25) is 0 Å². The van der Waals surface area contributed by atoms with Gasteiger partial charge in [0, 0.05) is 18.3 Å². The number of esters is 1. The molecule has 0 unspecified atom stereocenters. The summed E-state index contributed by atoms with van der Waals surface area (Å²) < 4.78 is 12.2. The van der Waals surface area contributed by atoms with Crippen molar-refractivity contribution in [2.75, 3.05) is 13.7 Å². The summed E-state index contributed by atoms with van der Waals surface area (Å²) in [5.74, 6) is 0.404. The standard InChI is InChI=1S/C23H24N2O3/c1-4-28-23(26)20-15-25(14-17-10-12-19(27-3)13-11-17)22(24)21(16(20)2)18-8-6-5-7-9-18/h5-13,15,24H,4,14H2,1-3H3. The van der Waals surface area contributed by atoms with E-state index in [1.54, 1.807) is 24.8 Å². The number of methoxy groups -OCH3 is 1. The van der Waals surface area contributed by atoms with Gasteiger partial charge in [-0.2, -0.15) is 0 Å². The molecule has 0 saturated carbocycles.